The number of carbonyl (C=O) groups excluding carboxylic acids is 2. The zero-order chi connectivity index (χ0) is 32.7. The van der Waals surface area contributed by atoms with Gasteiger partial charge in [0, 0.05) is 5.56 Å². The summed E-state index contributed by atoms with van der Waals surface area (Å²) in [7, 11) is -4.45. The van der Waals surface area contributed by atoms with E-state index >= 15 is 0 Å². The van der Waals surface area contributed by atoms with E-state index in [1.165, 1.54) is 19.1 Å². The third kappa shape index (κ3) is 9.06. The number of nitrogens with zero attached hydrogens (tertiary/aromatic N) is 5. The van der Waals surface area contributed by atoms with Gasteiger partial charge in [0.25, 0.3) is 22.7 Å². The van der Waals surface area contributed by atoms with E-state index in [-0.39, 0.29) is 27.8 Å². The van der Waals surface area contributed by atoms with Crippen molar-refractivity contribution in [2.24, 2.45) is 5.28 Å². The third-order valence-corrected chi connectivity index (χ3v) is 7.00. The molecule has 0 saturated carbocycles. The molecule has 14 nitrogen and oxygen atoms in total. The summed E-state index contributed by atoms with van der Waals surface area (Å²) in [6.45, 7) is 4.86. The number of aryl methyl sites for hydroxylation is 1. The molecule has 18 heteroatoms. The molecule has 0 fully saturated rings. The van der Waals surface area contributed by atoms with E-state index in [4.69, 9.17) is 4.74 Å². The van der Waals surface area contributed by atoms with Crippen molar-refractivity contribution < 1.29 is 50.5 Å². The van der Waals surface area contributed by atoms with E-state index in [1.807, 2.05) is 6.92 Å². The number of sulfonamides is 1. The van der Waals surface area contributed by atoms with Crippen LogP contribution in [-0.4, -0.2) is 66.2 Å². The highest BCUT2D eigenvalue weighted by atomic mass is 32.2. The van der Waals surface area contributed by atoms with Crippen molar-refractivity contribution >= 4 is 22.1 Å². The Bertz CT molecular complexity index is 1590. The van der Waals surface area contributed by atoms with Crippen LogP contribution in [0.5, 0.6) is 0 Å². The van der Waals surface area contributed by atoms with E-state index in [9.17, 15) is 36.4 Å². The lowest BCUT2D eigenvalue weighted by Gasteiger charge is -2.16. The first-order chi connectivity index (χ1) is 20.6. The molecule has 238 valence electrons. The number of nitrogens with one attached hydrogen (secondary N) is 1. The summed E-state index contributed by atoms with van der Waals surface area (Å²) < 4.78 is 78.1. The number of hydrazine groups is 1. The Morgan fingerprint density at radius 3 is 2.34 bits per heavy atom. The van der Waals surface area contributed by atoms with Crippen molar-refractivity contribution in [1.82, 2.24) is 19.5 Å². The second-order valence-electron chi connectivity index (χ2n) is 9.34. The van der Waals surface area contributed by atoms with Gasteiger partial charge in [-0.25, -0.2) is 22.6 Å². The van der Waals surface area contributed by atoms with Crippen LogP contribution in [0.2, 0.25) is 0 Å². The van der Waals surface area contributed by atoms with E-state index in [2.05, 4.69) is 20.0 Å². The quantitative estimate of drug-likeness (QED) is 0.0750. The van der Waals surface area contributed by atoms with E-state index < -0.39 is 53.4 Å². The van der Waals surface area contributed by atoms with Crippen molar-refractivity contribution in [2.45, 2.75) is 44.9 Å². The Balaban J connectivity index is 1.71. The minimum Gasteiger partial charge on any atom is -0.569 e. The van der Waals surface area contributed by atoms with Gasteiger partial charge in [0.2, 0.25) is 5.28 Å². The zero-order valence-electron chi connectivity index (χ0n) is 23.9. The number of ether oxygens (including phenoxy) is 2. The molecule has 1 N–H and O–H groups in total. The van der Waals surface area contributed by atoms with Gasteiger partial charge >= 0.3 is 12.3 Å². The molecule has 0 aliphatic carbocycles. The van der Waals surface area contributed by atoms with Crippen LogP contribution in [0.4, 0.5) is 18.0 Å². The van der Waals surface area contributed by atoms with Gasteiger partial charge in [0.15, 0.2) is 12.2 Å². The van der Waals surface area contributed by atoms with Crippen molar-refractivity contribution in [3.8, 4) is 16.9 Å². The van der Waals surface area contributed by atoms with Gasteiger partial charge in [-0.1, -0.05) is 29.8 Å². The first kappa shape index (κ1) is 33.6. The van der Waals surface area contributed by atoms with Gasteiger partial charge in [-0.2, -0.15) is 18.3 Å². The number of likely N-dealkylation sites (N-methyl/N-ethyl adjacent to an activating group) is 1. The average molecular weight is 643 g/mol. The van der Waals surface area contributed by atoms with Crippen LogP contribution in [-0.2, 0) is 35.3 Å². The Labute approximate surface area is 250 Å². The Morgan fingerprint density at radius 1 is 1.14 bits per heavy atom. The third-order valence-electron chi connectivity index (χ3n) is 5.61. The van der Waals surface area contributed by atoms with Crippen LogP contribution >= 0.6 is 0 Å². The number of rotatable bonds is 12. The molecule has 0 spiro atoms. The zero-order valence-corrected chi connectivity index (χ0v) is 24.8. The van der Waals surface area contributed by atoms with Crippen LogP contribution < -0.4 is 4.72 Å². The largest absolute Gasteiger partial charge is 0.569 e. The normalized spacial score (nSPS) is 12.1. The van der Waals surface area contributed by atoms with Crippen molar-refractivity contribution in [3.63, 3.8) is 0 Å². The summed E-state index contributed by atoms with van der Waals surface area (Å²) in [4.78, 5) is 27.8. The van der Waals surface area contributed by atoms with Crippen LogP contribution in [0.15, 0.2) is 64.8 Å². The molecule has 0 unspecified atom stereocenters. The molecule has 3 rings (SSSR count). The standard InChI is InChI=1S/C26H29F3N6O8S/c1-5-33(35(38)32-42-16-41-25(37)43-17(2)3)15-24(36)31-44(39,40)21-12-10-20(11-13-21)34-22(14-23(30-34)26(27,28)29)19-8-6-18(4)7-9-19/h6-14,17H,5,15-16H2,1-4H3,(H,31,36)/b35-32-. The van der Waals surface area contributed by atoms with E-state index in [0.717, 1.165) is 33.5 Å². The summed E-state index contributed by atoms with van der Waals surface area (Å²) in [5.41, 5.74) is 0.468. The number of halogens is 3. The average Bonchev–Trinajstić information content (AvgIpc) is 3.40. The second-order valence-corrected chi connectivity index (χ2v) is 11.0. The number of hydrogen-bond acceptors (Lipinski definition) is 10. The molecule has 3 aromatic rings. The fourth-order valence-corrected chi connectivity index (χ4v) is 4.52. The van der Waals surface area contributed by atoms with Gasteiger partial charge in [-0.3, -0.25) is 4.79 Å². The van der Waals surface area contributed by atoms with Gasteiger partial charge in [-0.15, -0.1) is 5.01 Å². The van der Waals surface area contributed by atoms with Gasteiger partial charge in [0.05, 0.1) is 33.9 Å². The van der Waals surface area contributed by atoms with Crippen LogP contribution in [0, 0.1) is 12.1 Å². The fourth-order valence-electron chi connectivity index (χ4n) is 3.54. The molecular formula is C26H29F3N6O8S. The maximum Gasteiger partial charge on any atom is 0.511 e. The molecule has 0 radical (unpaired) electrons. The van der Waals surface area contributed by atoms with Crippen molar-refractivity contribution in [2.75, 3.05) is 19.9 Å². The maximum absolute atomic E-state index is 13.5. The van der Waals surface area contributed by atoms with Crippen molar-refractivity contribution in [1.29, 1.82) is 0 Å². The topological polar surface area (TPSA) is 167 Å². The molecule has 44 heavy (non-hydrogen) atoms. The number of carbonyl (C=O) groups is 2. The summed E-state index contributed by atoms with van der Waals surface area (Å²) in [5, 5.41) is 19.7. The number of benzene rings is 2. The van der Waals surface area contributed by atoms with Crippen LogP contribution in [0.25, 0.3) is 16.9 Å². The Morgan fingerprint density at radius 2 is 1.77 bits per heavy atom. The lowest BCUT2D eigenvalue weighted by atomic mass is 10.1. The highest BCUT2D eigenvalue weighted by Crippen LogP contribution is 2.33. The van der Waals surface area contributed by atoms with E-state index in [1.54, 1.807) is 42.8 Å². The lowest BCUT2D eigenvalue weighted by molar-refractivity contribution is -0.709. The molecule has 0 bridgehead atoms. The molecular weight excluding hydrogens is 613 g/mol. The number of alkyl halides is 3. The summed E-state index contributed by atoms with van der Waals surface area (Å²) in [5.74, 6) is -1.10. The second kappa shape index (κ2) is 14.1. The molecule has 2 aromatic carbocycles. The van der Waals surface area contributed by atoms with Crippen LogP contribution in [0.1, 0.15) is 32.0 Å². The molecule has 0 atom stereocenters. The number of aromatic nitrogens is 2. The minimum absolute atomic E-state index is 0.0954. The lowest BCUT2D eigenvalue weighted by Crippen LogP contribution is -2.42. The molecule has 0 saturated heterocycles. The monoisotopic (exact) mass is 642 g/mol. The Hall–Kier alpha value is -4.87. The van der Waals surface area contributed by atoms with Crippen LogP contribution in [0.3, 0.4) is 0 Å². The highest BCUT2D eigenvalue weighted by molar-refractivity contribution is 7.90. The first-order valence-corrected chi connectivity index (χ1v) is 14.4. The molecule has 0 aliphatic heterocycles. The molecule has 1 amide bonds. The minimum atomic E-state index is -4.72. The summed E-state index contributed by atoms with van der Waals surface area (Å²) >= 11 is 0. The molecule has 1 heterocycles. The van der Waals surface area contributed by atoms with Gasteiger partial charge in [-0.05, 0) is 58.0 Å². The fraction of sp³-hybridized carbons (Fsp3) is 0.346. The predicted octanol–water partition coefficient (Wildman–Crippen LogP) is 4.32. The number of hydrogen-bond donors (Lipinski definition) is 1. The molecule has 0 aliphatic rings. The predicted molar refractivity (Wildman–Crippen MR) is 146 cm³/mol. The number of amides is 1. The highest BCUT2D eigenvalue weighted by Gasteiger charge is 2.35. The molecule has 1 aromatic heterocycles. The first-order valence-electron chi connectivity index (χ1n) is 12.9. The smallest absolute Gasteiger partial charge is 0.511 e. The van der Waals surface area contributed by atoms with Gasteiger partial charge < -0.3 is 19.5 Å². The van der Waals surface area contributed by atoms with Gasteiger partial charge in [0.1, 0.15) is 0 Å². The summed E-state index contributed by atoms with van der Waals surface area (Å²) in [6, 6.07) is 12.3. The van der Waals surface area contributed by atoms with Crippen molar-refractivity contribution in [3.05, 3.63) is 71.1 Å². The SMILES string of the molecule is CCN(CC(=O)NS(=O)(=O)c1ccc(-n2nc(C(F)(F)F)cc2-c2ccc(C)cc2)cc1)/[N+]([O-])=N/OCOC(=O)OC(C)C. The summed E-state index contributed by atoms with van der Waals surface area (Å²) in [6.07, 6.45) is -6.22. The Kier molecular flexibility index (Phi) is 10.8. The van der Waals surface area contributed by atoms with E-state index in [0.29, 0.717) is 5.56 Å². The maximum atomic E-state index is 13.5.